The summed E-state index contributed by atoms with van der Waals surface area (Å²) in [6.45, 7) is 5.28. The Hall–Kier alpha value is -2.46. The van der Waals surface area contributed by atoms with Gasteiger partial charge in [-0.3, -0.25) is 23.7 Å². The van der Waals surface area contributed by atoms with E-state index < -0.39 is 34.3 Å². The topological polar surface area (TPSA) is 85.7 Å². The zero-order valence-electron chi connectivity index (χ0n) is 16.5. The van der Waals surface area contributed by atoms with Gasteiger partial charge in [0, 0.05) is 10.3 Å². The van der Waals surface area contributed by atoms with E-state index in [1.54, 1.807) is 6.92 Å². The van der Waals surface area contributed by atoms with Gasteiger partial charge in [0.2, 0.25) is 11.8 Å². The molecule has 4 rings (SSSR count). The number of esters is 1. The van der Waals surface area contributed by atoms with Crippen molar-refractivity contribution < 1.29 is 23.5 Å². The molecular formula is C20H19FN2O5S2. The zero-order valence-corrected chi connectivity index (χ0v) is 18.1. The fourth-order valence-corrected chi connectivity index (χ4v) is 6.99. The SMILES string of the molecule is CCOC(=O)Cn1c2c(sc1=O)C(C)(C)[C@H]1C(=O)N(c3ccc(F)cc3)C(=O)[C@H]1S2. The zero-order chi connectivity index (χ0) is 21.8. The van der Waals surface area contributed by atoms with Crippen molar-refractivity contribution in [2.75, 3.05) is 11.5 Å². The lowest BCUT2D eigenvalue weighted by molar-refractivity contribution is -0.144. The Kier molecular flexibility index (Phi) is 5.09. The maximum absolute atomic E-state index is 13.3. The number of aromatic nitrogens is 1. The van der Waals surface area contributed by atoms with E-state index in [4.69, 9.17) is 4.74 Å². The molecule has 3 heterocycles. The number of nitrogens with zero attached hydrogens (tertiary/aromatic N) is 2. The fourth-order valence-electron chi connectivity index (χ4n) is 3.95. The van der Waals surface area contributed by atoms with Gasteiger partial charge in [0.25, 0.3) is 0 Å². The van der Waals surface area contributed by atoms with Crippen molar-refractivity contribution >= 4 is 46.6 Å². The summed E-state index contributed by atoms with van der Waals surface area (Å²) in [5, 5.41) is -0.223. The van der Waals surface area contributed by atoms with Crippen LogP contribution in [0.4, 0.5) is 10.1 Å². The standard InChI is InChI=1S/C20H19FN2O5S2/c1-4-28-12(24)9-22-18-15(30-19(22)27)20(2,3)13-14(29-18)17(26)23(16(13)25)11-7-5-10(21)6-8-11/h5-8,13-14H,4,9H2,1-3H3/t13-,14+/m1/s1. The maximum Gasteiger partial charge on any atom is 0.326 e. The quantitative estimate of drug-likeness (QED) is 0.526. The lowest BCUT2D eigenvalue weighted by Gasteiger charge is -2.36. The van der Waals surface area contributed by atoms with Crippen LogP contribution in [0, 0.1) is 11.7 Å². The molecule has 7 nitrogen and oxygen atoms in total. The van der Waals surface area contributed by atoms with E-state index in [9.17, 15) is 23.6 Å². The van der Waals surface area contributed by atoms with Crippen LogP contribution in [0.5, 0.6) is 0 Å². The molecule has 30 heavy (non-hydrogen) atoms. The molecule has 2 aliphatic rings. The molecule has 2 aromatic rings. The van der Waals surface area contributed by atoms with Crippen molar-refractivity contribution in [2.24, 2.45) is 5.92 Å². The molecule has 0 radical (unpaired) electrons. The molecule has 2 aliphatic heterocycles. The van der Waals surface area contributed by atoms with Gasteiger partial charge in [0.1, 0.15) is 17.6 Å². The second-order valence-electron chi connectivity index (χ2n) is 7.62. The third-order valence-electron chi connectivity index (χ3n) is 5.38. The van der Waals surface area contributed by atoms with Crippen LogP contribution < -0.4 is 9.77 Å². The molecule has 1 saturated heterocycles. The molecule has 1 aromatic heterocycles. The average molecular weight is 451 g/mol. The summed E-state index contributed by atoms with van der Waals surface area (Å²) in [6.07, 6.45) is 0. The first-order chi connectivity index (χ1) is 14.2. The number of hydrogen-bond acceptors (Lipinski definition) is 7. The molecule has 158 valence electrons. The van der Waals surface area contributed by atoms with Crippen LogP contribution >= 0.6 is 23.1 Å². The Balaban J connectivity index is 1.75. The van der Waals surface area contributed by atoms with Gasteiger partial charge in [0.05, 0.1) is 23.2 Å². The molecule has 0 bridgehead atoms. The first-order valence-corrected chi connectivity index (χ1v) is 11.1. The lowest BCUT2D eigenvalue weighted by Crippen LogP contribution is -2.41. The second-order valence-corrected chi connectivity index (χ2v) is 9.71. The van der Waals surface area contributed by atoms with Crippen LogP contribution in [0.25, 0.3) is 0 Å². The number of amides is 2. The van der Waals surface area contributed by atoms with Gasteiger partial charge in [-0.05, 0) is 31.2 Å². The number of ether oxygens (including phenoxy) is 1. The van der Waals surface area contributed by atoms with E-state index in [1.807, 2.05) is 13.8 Å². The highest BCUT2D eigenvalue weighted by molar-refractivity contribution is 8.00. The number of hydrogen-bond donors (Lipinski definition) is 0. The molecule has 0 spiro atoms. The van der Waals surface area contributed by atoms with Gasteiger partial charge < -0.3 is 4.74 Å². The normalized spacial score (nSPS) is 22.1. The number of rotatable bonds is 4. The van der Waals surface area contributed by atoms with E-state index in [0.29, 0.717) is 15.6 Å². The predicted molar refractivity (Wildman–Crippen MR) is 110 cm³/mol. The number of thioether (sulfide) groups is 1. The summed E-state index contributed by atoms with van der Waals surface area (Å²) in [6, 6.07) is 5.19. The average Bonchev–Trinajstić information content (AvgIpc) is 3.12. The number of fused-ring (bicyclic) bond motifs is 2. The number of benzene rings is 1. The molecule has 2 atom stereocenters. The first kappa shape index (κ1) is 20.8. The molecule has 0 unspecified atom stereocenters. The van der Waals surface area contributed by atoms with Gasteiger partial charge in [-0.2, -0.15) is 0 Å². The number of anilines is 1. The molecule has 2 amide bonds. The van der Waals surface area contributed by atoms with Crippen molar-refractivity contribution in [3.8, 4) is 0 Å². The van der Waals surface area contributed by atoms with Gasteiger partial charge in [-0.25, -0.2) is 9.29 Å². The lowest BCUT2D eigenvalue weighted by atomic mass is 9.76. The van der Waals surface area contributed by atoms with Gasteiger partial charge in [-0.15, -0.1) is 0 Å². The third kappa shape index (κ3) is 3.09. The van der Waals surface area contributed by atoms with E-state index in [2.05, 4.69) is 0 Å². The Morgan fingerprint density at radius 1 is 1.17 bits per heavy atom. The van der Waals surface area contributed by atoms with Gasteiger partial charge >= 0.3 is 10.8 Å². The van der Waals surface area contributed by atoms with Crippen molar-refractivity contribution in [1.29, 1.82) is 0 Å². The summed E-state index contributed by atoms with van der Waals surface area (Å²) >= 11 is 2.11. The summed E-state index contributed by atoms with van der Waals surface area (Å²) < 4.78 is 19.6. The van der Waals surface area contributed by atoms with Crippen molar-refractivity contribution in [3.63, 3.8) is 0 Å². The van der Waals surface area contributed by atoms with Crippen LogP contribution in [-0.4, -0.2) is 34.2 Å². The molecule has 10 heteroatoms. The molecule has 1 aromatic carbocycles. The fraction of sp³-hybridized carbons (Fsp3) is 0.400. The largest absolute Gasteiger partial charge is 0.465 e. The Bertz CT molecular complexity index is 1110. The summed E-state index contributed by atoms with van der Waals surface area (Å²) in [5.74, 6) is -2.47. The molecule has 0 aliphatic carbocycles. The molecule has 0 N–H and O–H groups in total. The van der Waals surface area contributed by atoms with E-state index >= 15 is 0 Å². The van der Waals surface area contributed by atoms with E-state index in [-0.39, 0.29) is 23.9 Å². The van der Waals surface area contributed by atoms with Crippen LogP contribution in [0.2, 0.25) is 0 Å². The number of halogens is 1. The second kappa shape index (κ2) is 7.35. The number of imide groups is 1. The van der Waals surface area contributed by atoms with Gasteiger partial charge in [-0.1, -0.05) is 36.9 Å². The van der Waals surface area contributed by atoms with E-state index in [0.717, 1.165) is 28.0 Å². The van der Waals surface area contributed by atoms with Crippen LogP contribution in [0.15, 0.2) is 34.1 Å². The molecule has 1 fully saturated rings. The summed E-state index contributed by atoms with van der Waals surface area (Å²) in [5.41, 5.74) is -0.485. The maximum atomic E-state index is 13.3. The highest BCUT2D eigenvalue weighted by Gasteiger charge is 2.59. The minimum absolute atomic E-state index is 0.197. The van der Waals surface area contributed by atoms with Crippen LogP contribution in [-0.2, 0) is 31.1 Å². The Morgan fingerprint density at radius 2 is 1.83 bits per heavy atom. The smallest absolute Gasteiger partial charge is 0.326 e. The van der Waals surface area contributed by atoms with Crippen LogP contribution in [0.3, 0.4) is 0 Å². The Labute approximate surface area is 179 Å². The van der Waals surface area contributed by atoms with Crippen molar-refractivity contribution in [2.45, 2.75) is 43.0 Å². The number of thiazole rings is 1. The Morgan fingerprint density at radius 3 is 2.47 bits per heavy atom. The predicted octanol–water partition coefficient (Wildman–Crippen LogP) is 2.55. The van der Waals surface area contributed by atoms with Crippen molar-refractivity contribution in [1.82, 2.24) is 4.57 Å². The summed E-state index contributed by atoms with van der Waals surface area (Å²) in [7, 11) is 0. The third-order valence-corrected chi connectivity index (χ3v) is 8.20. The highest BCUT2D eigenvalue weighted by atomic mass is 32.2. The highest BCUT2D eigenvalue weighted by Crippen LogP contribution is 2.54. The number of carbonyl (C=O) groups excluding carboxylic acids is 3. The van der Waals surface area contributed by atoms with E-state index in [1.165, 1.54) is 28.8 Å². The van der Waals surface area contributed by atoms with Gasteiger partial charge in [0.15, 0.2) is 0 Å². The van der Waals surface area contributed by atoms with Crippen LogP contribution in [0.1, 0.15) is 25.6 Å². The minimum Gasteiger partial charge on any atom is -0.465 e. The molecular weight excluding hydrogens is 431 g/mol. The van der Waals surface area contributed by atoms with Crippen molar-refractivity contribution in [3.05, 3.63) is 44.6 Å². The molecule has 0 saturated carbocycles. The first-order valence-electron chi connectivity index (χ1n) is 9.36. The summed E-state index contributed by atoms with van der Waals surface area (Å²) in [4.78, 5) is 52.4. The monoisotopic (exact) mass is 450 g/mol. The number of carbonyl (C=O) groups is 3. The minimum atomic E-state index is -0.795.